The Morgan fingerprint density at radius 1 is 0.941 bits per heavy atom. The molecular weight excluding hydrogens is 428 g/mol. The molecule has 1 saturated heterocycles. The molecule has 34 heavy (non-hydrogen) atoms. The summed E-state index contributed by atoms with van der Waals surface area (Å²) in [5.41, 5.74) is 3.59. The van der Waals surface area contributed by atoms with E-state index in [1.165, 1.54) is 12.0 Å². The summed E-state index contributed by atoms with van der Waals surface area (Å²) in [7, 11) is 1.33. The lowest BCUT2D eigenvalue weighted by molar-refractivity contribution is -0.122. The Morgan fingerprint density at radius 2 is 1.59 bits per heavy atom. The van der Waals surface area contributed by atoms with E-state index in [4.69, 9.17) is 9.72 Å². The molecule has 0 aliphatic carbocycles. The maximum absolute atomic E-state index is 13.3. The molecule has 3 aromatic carbocycles. The third-order valence-corrected chi connectivity index (χ3v) is 6.11. The molecule has 0 saturated carbocycles. The third kappa shape index (κ3) is 3.73. The number of ether oxygens (including phenoxy) is 1. The zero-order valence-corrected chi connectivity index (χ0v) is 18.6. The standard InChI is InChI=1S/C28H22N2O4/c1-34-28(33)26-23(16-19-17-24(31)30(27(19)32)20-12-6-3-7-13-20)29-22-15-9-8-14-21(22)25(26)18-10-4-2-5-11-18/h2-15,19H,16-17H2,1H3. The van der Waals surface area contributed by atoms with Crippen LogP contribution in [0.15, 0.2) is 84.9 Å². The summed E-state index contributed by atoms with van der Waals surface area (Å²) in [6, 6.07) is 26.0. The number of methoxy groups -OCH3 is 1. The normalized spacial score (nSPS) is 15.7. The predicted octanol–water partition coefficient (Wildman–Crippen LogP) is 4.81. The minimum Gasteiger partial charge on any atom is -0.465 e. The minimum atomic E-state index is -0.617. The fraction of sp³-hybridized carbons (Fsp3) is 0.143. The van der Waals surface area contributed by atoms with Crippen molar-refractivity contribution in [3.8, 4) is 11.1 Å². The maximum Gasteiger partial charge on any atom is 0.340 e. The number of aromatic nitrogens is 1. The molecule has 2 amide bonds. The van der Waals surface area contributed by atoms with Crippen molar-refractivity contribution in [2.75, 3.05) is 12.0 Å². The van der Waals surface area contributed by atoms with Gasteiger partial charge in [-0.1, -0.05) is 66.7 Å². The van der Waals surface area contributed by atoms with E-state index in [9.17, 15) is 14.4 Å². The van der Waals surface area contributed by atoms with Crippen LogP contribution in [-0.4, -0.2) is 29.9 Å². The highest BCUT2D eigenvalue weighted by Gasteiger charge is 2.40. The molecular formula is C28H22N2O4. The van der Waals surface area contributed by atoms with E-state index < -0.39 is 11.9 Å². The number of pyridine rings is 1. The average Bonchev–Trinajstić information content (AvgIpc) is 3.16. The number of rotatable bonds is 5. The molecule has 6 nitrogen and oxygen atoms in total. The number of benzene rings is 3. The van der Waals surface area contributed by atoms with Gasteiger partial charge in [0.2, 0.25) is 11.8 Å². The predicted molar refractivity (Wildman–Crippen MR) is 129 cm³/mol. The number of hydrogen-bond acceptors (Lipinski definition) is 5. The van der Waals surface area contributed by atoms with Crippen LogP contribution in [0, 0.1) is 5.92 Å². The molecule has 1 aliphatic heterocycles. The lowest BCUT2D eigenvalue weighted by Crippen LogP contribution is -2.31. The number of nitrogens with zero attached hydrogens (tertiary/aromatic N) is 2. The Balaban J connectivity index is 1.64. The van der Waals surface area contributed by atoms with Crippen LogP contribution < -0.4 is 4.90 Å². The molecule has 0 N–H and O–H groups in total. The minimum absolute atomic E-state index is 0.0590. The summed E-state index contributed by atoms with van der Waals surface area (Å²) in [5.74, 6) is -1.69. The first-order valence-corrected chi connectivity index (χ1v) is 11.1. The number of esters is 1. The lowest BCUT2D eigenvalue weighted by atomic mass is 9.90. The zero-order chi connectivity index (χ0) is 23.7. The van der Waals surface area contributed by atoms with E-state index in [0.29, 0.717) is 28.0 Å². The highest BCUT2D eigenvalue weighted by Crippen LogP contribution is 2.36. The summed E-state index contributed by atoms with van der Waals surface area (Å²) < 4.78 is 5.15. The summed E-state index contributed by atoms with van der Waals surface area (Å²) >= 11 is 0. The van der Waals surface area contributed by atoms with Crippen LogP contribution in [0.25, 0.3) is 22.0 Å². The lowest BCUT2D eigenvalue weighted by Gasteiger charge is -2.18. The van der Waals surface area contributed by atoms with Crippen LogP contribution in [0.2, 0.25) is 0 Å². The van der Waals surface area contributed by atoms with Gasteiger partial charge in [0.15, 0.2) is 0 Å². The molecule has 2 heterocycles. The van der Waals surface area contributed by atoms with Gasteiger partial charge in [0, 0.05) is 23.8 Å². The first-order valence-electron chi connectivity index (χ1n) is 11.1. The number of amides is 2. The second kappa shape index (κ2) is 8.90. The number of anilines is 1. The van der Waals surface area contributed by atoms with Crippen molar-refractivity contribution in [2.45, 2.75) is 12.8 Å². The van der Waals surface area contributed by atoms with Crippen molar-refractivity contribution in [1.29, 1.82) is 0 Å². The van der Waals surface area contributed by atoms with Gasteiger partial charge in [0.1, 0.15) is 0 Å². The summed E-state index contributed by atoms with van der Waals surface area (Å²) in [6.45, 7) is 0. The fourth-order valence-corrected chi connectivity index (χ4v) is 4.57. The molecule has 1 unspecified atom stereocenters. The number of imide groups is 1. The van der Waals surface area contributed by atoms with Gasteiger partial charge in [0.05, 0.1) is 35.5 Å². The van der Waals surface area contributed by atoms with Crippen LogP contribution in [-0.2, 0) is 20.7 Å². The molecule has 0 spiro atoms. The van der Waals surface area contributed by atoms with E-state index in [1.54, 1.807) is 24.3 Å². The first kappa shape index (κ1) is 21.5. The maximum atomic E-state index is 13.3. The van der Waals surface area contributed by atoms with E-state index in [0.717, 1.165) is 10.9 Å². The topological polar surface area (TPSA) is 76.6 Å². The van der Waals surface area contributed by atoms with Gasteiger partial charge < -0.3 is 4.74 Å². The summed E-state index contributed by atoms with van der Waals surface area (Å²) in [6.07, 6.45) is 0.215. The highest BCUT2D eigenvalue weighted by atomic mass is 16.5. The number of fused-ring (bicyclic) bond motifs is 1. The van der Waals surface area contributed by atoms with Crippen LogP contribution >= 0.6 is 0 Å². The van der Waals surface area contributed by atoms with Crippen LogP contribution in [0.4, 0.5) is 5.69 Å². The van der Waals surface area contributed by atoms with Crippen molar-refractivity contribution in [3.63, 3.8) is 0 Å². The number of carbonyl (C=O) groups excluding carboxylic acids is 3. The molecule has 1 aromatic heterocycles. The quantitative estimate of drug-likeness (QED) is 0.322. The summed E-state index contributed by atoms with van der Waals surface area (Å²) in [4.78, 5) is 45.1. The molecule has 1 aliphatic rings. The molecule has 0 radical (unpaired) electrons. The molecule has 5 rings (SSSR count). The van der Waals surface area contributed by atoms with Crippen molar-refractivity contribution in [3.05, 3.63) is 96.2 Å². The first-order chi connectivity index (χ1) is 16.6. The molecule has 168 valence electrons. The van der Waals surface area contributed by atoms with Gasteiger partial charge in [-0.3, -0.25) is 19.5 Å². The molecule has 4 aromatic rings. The van der Waals surface area contributed by atoms with Crippen molar-refractivity contribution >= 4 is 34.4 Å². The van der Waals surface area contributed by atoms with E-state index in [-0.39, 0.29) is 24.7 Å². The Kier molecular flexibility index (Phi) is 5.64. The average molecular weight is 450 g/mol. The Bertz CT molecular complexity index is 1400. The molecule has 0 bridgehead atoms. The second-order valence-electron chi connectivity index (χ2n) is 8.19. The SMILES string of the molecule is COC(=O)c1c(CC2CC(=O)N(c3ccccc3)C2=O)nc2ccccc2c1-c1ccccc1. The van der Waals surface area contributed by atoms with Crippen molar-refractivity contribution in [2.24, 2.45) is 5.92 Å². The van der Waals surface area contributed by atoms with Crippen LogP contribution in [0.3, 0.4) is 0 Å². The van der Waals surface area contributed by atoms with Gasteiger partial charge in [-0.15, -0.1) is 0 Å². The van der Waals surface area contributed by atoms with Crippen molar-refractivity contribution in [1.82, 2.24) is 4.98 Å². The van der Waals surface area contributed by atoms with Crippen molar-refractivity contribution < 1.29 is 19.1 Å². The van der Waals surface area contributed by atoms with Gasteiger partial charge >= 0.3 is 5.97 Å². The Morgan fingerprint density at radius 3 is 2.29 bits per heavy atom. The number of para-hydroxylation sites is 2. The Labute approximate surface area is 196 Å². The molecule has 1 atom stereocenters. The zero-order valence-electron chi connectivity index (χ0n) is 18.6. The molecule has 6 heteroatoms. The highest BCUT2D eigenvalue weighted by molar-refractivity contribution is 6.21. The summed E-state index contributed by atoms with van der Waals surface area (Å²) in [5, 5.41) is 0.817. The largest absolute Gasteiger partial charge is 0.465 e. The molecule has 1 fully saturated rings. The van der Waals surface area contributed by atoms with Crippen LogP contribution in [0.1, 0.15) is 22.5 Å². The smallest absolute Gasteiger partial charge is 0.340 e. The van der Waals surface area contributed by atoms with Gasteiger partial charge in [-0.2, -0.15) is 0 Å². The third-order valence-electron chi connectivity index (χ3n) is 6.11. The van der Waals surface area contributed by atoms with Gasteiger partial charge in [-0.05, 0) is 23.8 Å². The van der Waals surface area contributed by atoms with E-state index in [1.807, 2.05) is 60.7 Å². The van der Waals surface area contributed by atoms with Gasteiger partial charge in [-0.25, -0.2) is 4.79 Å². The van der Waals surface area contributed by atoms with Crippen LogP contribution in [0.5, 0.6) is 0 Å². The van der Waals surface area contributed by atoms with E-state index in [2.05, 4.69) is 0 Å². The Hall–Kier alpha value is -4.32. The monoisotopic (exact) mass is 450 g/mol. The number of hydrogen-bond donors (Lipinski definition) is 0. The fourth-order valence-electron chi connectivity index (χ4n) is 4.57. The number of carbonyl (C=O) groups is 3. The second-order valence-corrected chi connectivity index (χ2v) is 8.19. The van der Waals surface area contributed by atoms with Gasteiger partial charge in [0.25, 0.3) is 0 Å². The van der Waals surface area contributed by atoms with E-state index >= 15 is 0 Å².